The van der Waals surface area contributed by atoms with E-state index in [0.29, 0.717) is 24.9 Å². The molecule has 5 nitrogen and oxygen atoms in total. The molecule has 2 saturated heterocycles. The summed E-state index contributed by atoms with van der Waals surface area (Å²) in [6.45, 7) is 8.32. The first kappa shape index (κ1) is 22.8. The van der Waals surface area contributed by atoms with Gasteiger partial charge in [0.1, 0.15) is 6.10 Å². The van der Waals surface area contributed by atoms with E-state index in [1.54, 1.807) is 7.11 Å². The average Bonchev–Trinajstić information content (AvgIpc) is 3.20. The molecule has 1 saturated carbocycles. The second-order valence-electron chi connectivity index (χ2n) is 9.75. The SMILES string of the molecule is CCCCC(C)(C)C(/C=C/C1C(COC)CC2OC(=O)CC21)OC1CCCCO1. The summed E-state index contributed by atoms with van der Waals surface area (Å²) in [4.78, 5) is 11.8. The largest absolute Gasteiger partial charge is 0.462 e. The van der Waals surface area contributed by atoms with Gasteiger partial charge in [-0.2, -0.15) is 0 Å². The Morgan fingerprint density at radius 1 is 1.31 bits per heavy atom. The monoisotopic (exact) mass is 408 g/mol. The third-order valence-electron chi connectivity index (χ3n) is 7.01. The van der Waals surface area contributed by atoms with Crippen molar-refractivity contribution < 1.29 is 23.7 Å². The second-order valence-corrected chi connectivity index (χ2v) is 9.75. The molecule has 2 heterocycles. The lowest BCUT2D eigenvalue weighted by atomic mass is 9.79. The van der Waals surface area contributed by atoms with E-state index in [4.69, 9.17) is 18.9 Å². The molecule has 29 heavy (non-hydrogen) atoms. The molecule has 1 aliphatic carbocycles. The van der Waals surface area contributed by atoms with E-state index in [9.17, 15) is 4.79 Å². The maximum absolute atomic E-state index is 11.8. The van der Waals surface area contributed by atoms with Crippen molar-refractivity contribution in [3.8, 4) is 0 Å². The van der Waals surface area contributed by atoms with Crippen molar-refractivity contribution in [2.24, 2.45) is 23.2 Å². The highest BCUT2D eigenvalue weighted by Gasteiger charge is 2.49. The number of fused-ring (bicyclic) bond motifs is 1. The van der Waals surface area contributed by atoms with Crippen LogP contribution in [-0.4, -0.2) is 44.8 Å². The van der Waals surface area contributed by atoms with Crippen LogP contribution in [0.15, 0.2) is 12.2 Å². The van der Waals surface area contributed by atoms with Crippen LogP contribution in [0.3, 0.4) is 0 Å². The molecular formula is C24H40O5. The van der Waals surface area contributed by atoms with E-state index in [2.05, 4.69) is 32.9 Å². The number of carbonyl (C=O) groups excluding carboxylic acids is 1. The van der Waals surface area contributed by atoms with Crippen LogP contribution in [0.1, 0.15) is 72.1 Å². The summed E-state index contributed by atoms with van der Waals surface area (Å²) in [5.74, 6) is 0.904. The fraction of sp³-hybridized carbons (Fsp3) is 0.875. The van der Waals surface area contributed by atoms with E-state index >= 15 is 0 Å². The molecular weight excluding hydrogens is 368 g/mol. The number of ether oxygens (including phenoxy) is 4. The van der Waals surface area contributed by atoms with Crippen LogP contribution in [0.2, 0.25) is 0 Å². The van der Waals surface area contributed by atoms with E-state index in [1.165, 1.54) is 12.8 Å². The van der Waals surface area contributed by atoms with Crippen molar-refractivity contribution in [3.05, 3.63) is 12.2 Å². The molecule has 0 bridgehead atoms. The fourth-order valence-electron chi connectivity index (χ4n) is 5.21. The molecule has 3 aliphatic rings. The number of allylic oxidation sites excluding steroid dienone is 1. The van der Waals surface area contributed by atoms with E-state index in [0.717, 1.165) is 38.7 Å². The van der Waals surface area contributed by atoms with Gasteiger partial charge in [-0.25, -0.2) is 0 Å². The normalized spacial score (nSPS) is 33.8. The molecule has 3 rings (SSSR count). The smallest absolute Gasteiger partial charge is 0.306 e. The molecule has 5 heteroatoms. The summed E-state index contributed by atoms with van der Waals surface area (Å²) in [5, 5.41) is 0. The highest BCUT2D eigenvalue weighted by molar-refractivity contribution is 5.72. The Labute approximate surface area is 176 Å². The Morgan fingerprint density at radius 3 is 2.83 bits per heavy atom. The summed E-state index contributed by atoms with van der Waals surface area (Å²) in [7, 11) is 1.75. The molecule has 6 unspecified atom stereocenters. The van der Waals surface area contributed by atoms with Crippen LogP contribution < -0.4 is 0 Å². The minimum atomic E-state index is -0.109. The van der Waals surface area contributed by atoms with Gasteiger partial charge in [-0.15, -0.1) is 0 Å². The lowest BCUT2D eigenvalue weighted by Gasteiger charge is -2.36. The van der Waals surface area contributed by atoms with Crippen molar-refractivity contribution in [3.63, 3.8) is 0 Å². The molecule has 0 aromatic rings. The highest BCUT2D eigenvalue weighted by Crippen LogP contribution is 2.46. The van der Waals surface area contributed by atoms with Gasteiger partial charge in [0.2, 0.25) is 0 Å². The van der Waals surface area contributed by atoms with Crippen LogP contribution >= 0.6 is 0 Å². The second kappa shape index (κ2) is 10.4. The summed E-state index contributed by atoms with van der Waals surface area (Å²) >= 11 is 0. The fourth-order valence-corrected chi connectivity index (χ4v) is 5.21. The summed E-state index contributed by atoms with van der Waals surface area (Å²) in [6, 6.07) is 0. The molecule has 0 spiro atoms. The number of carbonyl (C=O) groups is 1. The Morgan fingerprint density at radius 2 is 2.14 bits per heavy atom. The predicted octanol–water partition coefficient (Wildman–Crippen LogP) is 4.89. The number of methoxy groups -OCH3 is 1. The van der Waals surface area contributed by atoms with Gasteiger partial charge in [0.25, 0.3) is 0 Å². The summed E-state index contributed by atoms with van der Waals surface area (Å²) < 4.78 is 23.4. The predicted molar refractivity (Wildman–Crippen MR) is 112 cm³/mol. The maximum atomic E-state index is 11.8. The van der Waals surface area contributed by atoms with Crippen LogP contribution in [0.25, 0.3) is 0 Å². The van der Waals surface area contributed by atoms with Crippen molar-refractivity contribution in [2.75, 3.05) is 20.3 Å². The van der Waals surface area contributed by atoms with Gasteiger partial charge in [0, 0.05) is 26.2 Å². The molecule has 3 fully saturated rings. The van der Waals surface area contributed by atoms with Gasteiger partial charge in [0.15, 0.2) is 6.29 Å². The van der Waals surface area contributed by atoms with E-state index in [1.807, 2.05) is 0 Å². The molecule has 2 aliphatic heterocycles. The standard InChI is InChI=1S/C24H40O5/c1-5-6-12-24(2,3)21(29-23-9-7-8-13-27-23)11-10-18-17(16-26-4)14-20-19(18)15-22(25)28-20/h10-11,17-21,23H,5-9,12-16H2,1-4H3/b11-10+. The zero-order chi connectivity index (χ0) is 20.9. The molecule has 6 atom stereocenters. The number of rotatable bonds is 10. The Hall–Kier alpha value is -0.910. The zero-order valence-electron chi connectivity index (χ0n) is 18.7. The highest BCUT2D eigenvalue weighted by atomic mass is 16.7. The average molecular weight is 409 g/mol. The number of hydrogen-bond donors (Lipinski definition) is 0. The Kier molecular flexibility index (Phi) is 8.17. The topological polar surface area (TPSA) is 54.0 Å². The first-order valence-corrected chi connectivity index (χ1v) is 11.6. The molecule has 0 N–H and O–H groups in total. The van der Waals surface area contributed by atoms with Crippen LogP contribution in [0.5, 0.6) is 0 Å². The van der Waals surface area contributed by atoms with Crippen molar-refractivity contribution >= 4 is 5.97 Å². The minimum Gasteiger partial charge on any atom is -0.462 e. The van der Waals surface area contributed by atoms with E-state index in [-0.39, 0.29) is 35.8 Å². The summed E-state index contributed by atoms with van der Waals surface area (Å²) in [5.41, 5.74) is 0.0318. The van der Waals surface area contributed by atoms with Crippen molar-refractivity contribution in [1.82, 2.24) is 0 Å². The molecule has 0 aromatic carbocycles. The van der Waals surface area contributed by atoms with Gasteiger partial charge < -0.3 is 18.9 Å². The van der Waals surface area contributed by atoms with Gasteiger partial charge in [-0.3, -0.25) is 4.79 Å². The number of esters is 1. The third kappa shape index (κ3) is 5.83. The lowest BCUT2D eigenvalue weighted by Crippen LogP contribution is -2.36. The summed E-state index contributed by atoms with van der Waals surface area (Å²) in [6.07, 6.45) is 12.7. The van der Waals surface area contributed by atoms with E-state index < -0.39 is 0 Å². The van der Waals surface area contributed by atoms with Crippen LogP contribution in [-0.2, 0) is 23.7 Å². The van der Waals surface area contributed by atoms with Crippen LogP contribution in [0, 0.1) is 23.2 Å². The quantitative estimate of drug-likeness (QED) is 0.381. The number of hydrogen-bond acceptors (Lipinski definition) is 5. The first-order chi connectivity index (χ1) is 13.9. The molecule has 166 valence electrons. The van der Waals surface area contributed by atoms with Crippen LogP contribution in [0.4, 0.5) is 0 Å². The van der Waals surface area contributed by atoms with Crippen molar-refractivity contribution in [2.45, 2.75) is 90.6 Å². The van der Waals surface area contributed by atoms with Gasteiger partial charge in [-0.1, -0.05) is 45.8 Å². The molecule has 0 aromatic heterocycles. The maximum Gasteiger partial charge on any atom is 0.306 e. The Balaban J connectivity index is 1.74. The molecule has 0 amide bonds. The first-order valence-electron chi connectivity index (χ1n) is 11.6. The minimum absolute atomic E-state index is 0.00239. The Bertz CT molecular complexity index is 551. The zero-order valence-corrected chi connectivity index (χ0v) is 18.7. The number of unbranched alkanes of at least 4 members (excludes halogenated alkanes) is 1. The third-order valence-corrected chi connectivity index (χ3v) is 7.01. The molecule has 0 radical (unpaired) electrons. The van der Waals surface area contributed by atoms with Crippen molar-refractivity contribution in [1.29, 1.82) is 0 Å². The van der Waals surface area contributed by atoms with Gasteiger partial charge >= 0.3 is 5.97 Å². The lowest BCUT2D eigenvalue weighted by molar-refractivity contribution is -0.197. The van der Waals surface area contributed by atoms with Gasteiger partial charge in [-0.05, 0) is 49.4 Å². The van der Waals surface area contributed by atoms with Gasteiger partial charge in [0.05, 0.1) is 12.5 Å².